The van der Waals surface area contributed by atoms with Crippen molar-refractivity contribution in [3.05, 3.63) is 45.1 Å². The molecule has 110 valence electrons. The molecule has 8 heteroatoms. The molecule has 0 atom stereocenters. The van der Waals surface area contributed by atoms with Crippen LogP contribution < -0.4 is 21.7 Å². The molecule has 0 saturated heterocycles. The van der Waals surface area contributed by atoms with Gasteiger partial charge in [-0.3, -0.25) is 13.9 Å². The Morgan fingerprint density at radius 3 is 2.24 bits per heavy atom. The molecule has 0 saturated carbocycles. The molecule has 8 nitrogen and oxygen atoms in total. The van der Waals surface area contributed by atoms with Gasteiger partial charge in [0.05, 0.1) is 12.8 Å². The number of anilines is 1. The highest BCUT2D eigenvalue weighted by Gasteiger charge is 2.12. The molecule has 0 radical (unpaired) electrons. The van der Waals surface area contributed by atoms with E-state index in [1.54, 1.807) is 31.4 Å². The first-order chi connectivity index (χ1) is 9.95. The number of rotatable bonds is 3. The van der Waals surface area contributed by atoms with Crippen LogP contribution in [0, 0.1) is 0 Å². The molecular weight excluding hydrogens is 274 g/mol. The molecule has 2 aromatic rings. The Morgan fingerprint density at radius 2 is 1.67 bits per heavy atom. The lowest BCUT2D eigenvalue weighted by atomic mass is 10.3. The van der Waals surface area contributed by atoms with Crippen LogP contribution >= 0.6 is 0 Å². The van der Waals surface area contributed by atoms with Crippen LogP contribution in [0.2, 0.25) is 0 Å². The Balaban J connectivity index is 2.46. The van der Waals surface area contributed by atoms with Gasteiger partial charge in [0, 0.05) is 14.1 Å². The molecule has 1 heterocycles. The van der Waals surface area contributed by atoms with Gasteiger partial charge >= 0.3 is 5.69 Å². The fourth-order valence-corrected chi connectivity index (χ4v) is 1.69. The topological polar surface area (TPSA) is 104 Å². The van der Waals surface area contributed by atoms with E-state index in [4.69, 9.17) is 10.5 Å². The molecule has 21 heavy (non-hydrogen) atoms. The zero-order chi connectivity index (χ0) is 15.6. The maximum absolute atomic E-state index is 12.0. The van der Waals surface area contributed by atoms with Crippen molar-refractivity contribution in [2.24, 2.45) is 24.3 Å². The first-order valence-electron chi connectivity index (χ1n) is 6.07. The van der Waals surface area contributed by atoms with Gasteiger partial charge < -0.3 is 10.5 Å². The van der Waals surface area contributed by atoms with E-state index in [0.717, 1.165) is 9.13 Å². The Bertz CT molecular complexity index is 802. The molecule has 1 aromatic carbocycles. The SMILES string of the molecule is COc1ccc(/N=N/c2c(N)n(C)c(=O)n(C)c2=O)cc1. The lowest BCUT2D eigenvalue weighted by Crippen LogP contribution is -2.37. The van der Waals surface area contributed by atoms with Crippen LogP contribution in [0.4, 0.5) is 17.2 Å². The Hall–Kier alpha value is -2.90. The first kappa shape index (κ1) is 14.5. The van der Waals surface area contributed by atoms with Gasteiger partial charge in [-0.1, -0.05) is 0 Å². The lowest BCUT2D eigenvalue weighted by Gasteiger charge is -2.07. The van der Waals surface area contributed by atoms with Crippen LogP contribution in [-0.2, 0) is 14.1 Å². The Labute approximate surface area is 120 Å². The summed E-state index contributed by atoms with van der Waals surface area (Å²) in [5.74, 6) is 0.659. The van der Waals surface area contributed by atoms with Crippen LogP contribution in [0.3, 0.4) is 0 Å². The van der Waals surface area contributed by atoms with E-state index in [-0.39, 0.29) is 11.5 Å². The average molecular weight is 289 g/mol. The highest BCUT2D eigenvalue weighted by molar-refractivity contribution is 5.56. The van der Waals surface area contributed by atoms with Gasteiger partial charge in [0.2, 0.25) is 0 Å². The maximum atomic E-state index is 12.0. The monoisotopic (exact) mass is 289 g/mol. The predicted molar refractivity (Wildman–Crippen MR) is 78.5 cm³/mol. The van der Waals surface area contributed by atoms with E-state index < -0.39 is 11.2 Å². The fourth-order valence-electron chi connectivity index (χ4n) is 1.69. The summed E-state index contributed by atoms with van der Waals surface area (Å²) in [5, 5.41) is 7.81. The smallest absolute Gasteiger partial charge is 0.332 e. The predicted octanol–water partition coefficient (Wildman–Crippen LogP) is 1.09. The third kappa shape index (κ3) is 2.69. The summed E-state index contributed by atoms with van der Waals surface area (Å²) in [7, 11) is 4.38. The molecule has 0 bridgehead atoms. The number of nitrogens with two attached hydrogens (primary N) is 1. The van der Waals surface area contributed by atoms with Crippen molar-refractivity contribution in [2.45, 2.75) is 0 Å². The first-order valence-corrected chi connectivity index (χ1v) is 6.07. The molecule has 0 unspecified atom stereocenters. The van der Waals surface area contributed by atoms with Gasteiger partial charge in [0.15, 0.2) is 5.69 Å². The number of aromatic nitrogens is 2. The maximum Gasteiger partial charge on any atom is 0.332 e. The van der Waals surface area contributed by atoms with Crippen LogP contribution in [0.1, 0.15) is 0 Å². The molecule has 2 rings (SSSR count). The third-order valence-electron chi connectivity index (χ3n) is 3.02. The van der Waals surface area contributed by atoms with E-state index in [1.807, 2.05) is 0 Å². The van der Waals surface area contributed by atoms with Gasteiger partial charge in [-0.2, -0.15) is 5.11 Å². The van der Waals surface area contributed by atoms with E-state index in [2.05, 4.69) is 10.2 Å². The second kappa shape index (κ2) is 5.61. The number of azo groups is 1. The van der Waals surface area contributed by atoms with Crippen molar-refractivity contribution >= 4 is 17.2 Å². The zero-order valence-electron chi connectivity index (χ0n) is 11.9. The lowest BCUT2D eigenvalue weighted by molar-refractivity contribution is 0.415. The molecule has 0 aliphatic carbocycles. The quantitative estimate of drug-likeness (QED) is 0.854. The van der Waals surface area contributed by atoms with Crippen molar-refractivity contribution in [1.82, 2.24) is 9.13 Å². The van der Waals surface area contributed by atoms with Crippen molar-refractivity contribution in [1.29, 1.82) is 0 Å². The highest BCUT2D eigenvalue weighted by Crippen LogP contribution is 2.21. The van der Waals surface area contributed by atoms with Crippen LogP contribution in [0.5, 0.6) is 5.75 Å². The zero-order valence-corrected chi connectivity index (χ0v) is 11.9. The molecule has 0 fully saturated rings. The van der Waals surface area contributed by atoms with Crippen LogP contribution in [-0.4, -0.2) is 16.2 Å². The minimum atomic E-state index is -0.590. The summed E-state index contributed by atoms with van der Waals surface area (Å²) in [6.45, 7) is 0. The van der Waals surface area contributed by atoms with Gasteiger partial charge in [-0.15, -0.1) is 5.11 Å². The van der Waals surface area contributed by atoms with E-state index in [9.17, 15) is 9.59 Å². The number of nitrogens with zero attached hydrogens (tertiary/aromatic N) is 4. The number of nitrogen functional groups attached to an aromatic ring is 1. The van der Waals surface area contributed by atoms with E-state index in [1.165, 1.54) is 14.1 Å². The standard InChI is InChI=1S/C13H15N5O3/c1-17-11(14)10(12(19)18(2)13(17)20)16-15-8-4-6-9(21-3)7-5-8/h4-7H,14H2,1-3H3/b16-15+. The number of hydrogen-bond acceptors (Lipinski definition) is 6. The number of hydrogen-bond donors (Lipinski definition) is 1. The van der Waals surface area contributed by atoms with Gasteiger partial charge in [-0.05, 0) is 24.3 Å². The summed E-state index contributed by atoms with van der Waals surface area (Å²) in [5.41, 5.74) is 5.10. The van der Waals surface area contributed by atoms with Gasteiger partial charge in [0.1, 0.15) is 11.6 Å². The number of benzene rings is 1. The number of methoxy groups -OCH3 is 1. The van der Waals surface area contributed by atoms with Crippen molar-refractivity contribution in [3.8, 4) is 5.75 Å². The molecule has 1 aromatic heterocycles. The summed E-state index contributed by atoms with van der Waals surface area (Å²) < 4.78 is 7.10. The molecule has 0 aliphatic rings. The van der Waals surface area contributed by atoms with E-state index >= 15 is 0 Å². The van der Waals surface area contributed by atoms with Crippen molar-refractivity contribution < 1.29 is 4.74 Å². The fraction of sp³-hybridized carbons (Fsp3) is 0.231. The van der Waals surface area contributed by atoms with Crippen LogP contribution in [0.25, 0.3) is 0 Å². The van der Waals surface area contributed by atoms with Crippen molar-refractivity contribution in [3.63, 3.8) is 0 Å². The second-order valence-corrected chi connectivity index (χ2v) is 4.34. The minimum Gasteiger partial charge on any atom is -0.497 e. The Kier molecular flexibility index (Phi) is 3.88. The second-order valence-electron chi connectivity index (χ2n) is 4.34. The van der Waals surface area contributed by atoms with E-state index in [0.29, 0.717) is 11.4 Å². The van der Waals surface area contributed by atoms with Gasteiger partial charge in [-0.25, -0.2) is 4.79 Å². The minimum absolute atomic E-state index is 0.0274. The average Bonchev–Trinajstić information content (AvgIpc) is 2.51. The molecule has 0 spiro atoms. The molecular formula is C13H15N5O3. The largest absolute Gasteiger partial charge is 0.497 e. The summed E-state index contributed by atoms with van der Waals surface area (Å²) in [6.07, 6.45) is 0. The third-order valence-corrected chi connectivity index (χ3v) is 3.02. The number of ether oxygens (including phenoxy) is 1. The molecule has 2 N–H and O–H groups in total. The summed E-state index contributed by atoms with van der Waals surface area (Å²) in [4.78, 5) is 23.6. The highest BCUT2D eigenvalue weighted by atomic mass is 16.5. The van der Waals surface area contributed by atoms with Gasteiger partial charge in [0.25, 0.3) is 5.56 Å². The Morgan fingerprint density at radius 1 is 1.05 bits per heavy atom. The summed E-state index contributed by atoms with van der Waals surface area (Å²) in [6, 6.07) is 6.81. The van der Waals surface area contributed by atoms with Crippen molar-refractivity contribution in [2.75, 3.05) is 12.8 Å². The molecule has 0 amide bonds. The summed E-state index contributed by atoms with van der Waals surface area (Å²) >= 11 is 0. The van der Waals surface area contributed by atoms with Crippen LogP contribution in [0.15, 0.2) is 44.1 Å². The molecule has 0 aliphatic heterocycles. The normalized spacial score (nSPS) is 11.0.